The number of benzene rings is 1. The summed E-state index contributed by atoms with van der Waals surface area (Å²) in [5.74, 6) is -1.37. The molecule has 0 amide bonds. The van der Waals surface area contributed by atoms with Gasteiger partial charge in [-0.15, -0.1) is 0 Å². The lowest BCUT2D eigenvalue weighted by atomic mass is 10.1. The average molecular weight is 284 g/mol. The fraction of sp³-hybridized carbons (Fsp3) is 0.0909. The lowest BCUT2D eigenvalue weighted by molar-refractivity contribution is 0.0596. The number of hydrogen-bond acceptors (Lipinski definition) is 3. The maximum Gasteiger partial charge on any atom is 0.340 e. The summed E-state index contributed by atoms with van der Waals surface area (Å²) in [5, 5.41) is 0.633. The Labute approximate surface area is 99.4 Å². The highest BCUT2D eigenvalue weighted by molar-refractivity contribution is 9.10. The number of esters is 1. The van der Waals surface area contributed by atoms with Crippen molar-refractivity contribution in [1.82, 2.24) is 4.98 Å². The summed E-state index contributed by atoms with van der Waals surface area (Å²) >= 11 is 3.15. The van der Waals surface area contributed by atoms with Crippen LogP contribution in [0.4, 0.5) is 4.39 Å². The van der Waals surface area contributed by atoms with Crippen molar-refractivity contribution in [2.75, 3.05) is 7.11 Å². The van der Waals surface area contributed by atoms with Gasteiger partial charge in [0.05, 0.1) is 12.7 Å². The highest BCUT2D eigenvalue weighted by atomic mass is 79.9. The van der Waals surface area contributed by atoms with Gasteiger partial charge in [0.25, 0.3) is 0 Å². The molecule has 1 aromatic heterocycles. The van der Waals surface area contributed by atoms with Crippen molar-refractivity contribution in [3.63, 3.8) is 0 Å². The second kappa shape index (κ2) is 4.17. The second-order valence-electron chi connectivity index (χ2n) is 3.12. The number of carbonyl (C=O) groups excluding carboxylic acids is 1. The molecule has 3 nitrogen and oxygen atoms in total. The number of rotatable bonds is 1. The van der Waals surface area contributed by atoms with E-state index in [0.29, 0.717) is 9.99 Å². The molecule has 0 bridgehead atoms. The zero-order chi connectivity index (χ0) is 11.7. The lowest BCUT2D eigenvalue weighted by Gasteiger charge is -2.04. The topological polar surface area (TPSA) is 39.2 Å². The van der Waals surface area contributed by atoms with E-state index in [9.17, 15) is 9.18 Å². The van der Waals surface area contributed by atoms with Gasteiger partial charge in [0.15, 0.2) is 5.82 Å². The minimum atomic E-state index is -0.707. The average Bonchev–Trinajstić information content (AvgIpc) is 2.29. The van der Waals surface area contributed by atoms with Gasteiger partial charge in [-0.3, -0.25) is 0 Å². The first-order chi connectivity index (χ1) is 7.63. The van der Waals surface area contributed by atoms with Crippen LogP contribution in [0.25, 0.3) is 10.9 Å². The molecule has 0 aliphatic carbocycles. The first kappa shape index (κ1) is 11.0. The third-order valence-corrected chi connectivity index (χ3v) is 2.61. The first-order valence-electron chi connectivity index (χ1n) is 4.46. The highest BCUT2D eigenvalue weighted by Gasteiger charge is 2.15. The summed E-state index contributed by atoms with van der Waals surface area (Å²) in [6.45, 7) is 0. The molecule has 1 aromatic carbocycles. The molecule has 2 aromatic rings. The van der Waals surface area contributed by atoms with Gasteiger partial charge in [-0.2, -0.15) is 0 Å². The Bertz CT molecular complexity index is 571. The highest BCUT2D eigenvalue weighted by Crippen LogP contribution is 2.22. The molecule has 82 valence electrons. The molecule has 0 saturated heterocycles. The molecule has 0 aliphatic rings. The number of ether oxygens (including phenoxy) is 1. The summed E-state index contributed by atoms with van der Waals surface area (Å²) in [6, 6.07) is 6.44. The van der Waals surface area contributed by atoms with Gasteiger partial charge in [-0.1, -0.05) is 12.1 Å². The summed E-state index contributed by atoms with van der Waals surface area (Å²) in [4.78, 5) is 15.2. The Kier molecular flexibility index (Phi) is 2.87. The predicted molar refractivity (Wildman–Crippen MR) is 60.7 cm³/mol. The van der Waals surface area contributed by atoms with Crippen molar-refractivity contribution in [3.05, 3.63) is 40.2 Å². The number of nitrogens with zero attached hydrogens (tertiary/aromatic N) is 1. The van der Waals surface area contributed by atoms with Gasteiger partial charge in [0.1, 0.15) is 10.1 Å². The Balaban J connectivity index is 2.72. The van der Waals surface area contributed by atoms with Crippen molar-refractivity contribution < 1.29 is 13.9 Å². The molecular weight excluding hydrogens is 277 g/mol. The molecule has 0 aliphatic heterocycles. The van der Waals surface area contributed by atoms with Crippen LogP contribution in [-0.2, 0) is 4.74 Å². The van der Waals surface area contributed by atoms with Crippen molar-refractivity contribution in [1.29, 1.82) is 0 Å². The number of pyridine rings is 1. The molecule has 5 heteroatoms. The van der Waals surface area contributed by atoms with Crippen molar-refractivity contribution in [2.45, 2.75) is 0 Å². The molecule has 0 atom stereocenters. The Morgan fingerprint density at radius 1 is 1.38 bits per heavy atom. The zero-order valence-corrected chi connectivity index (χ0v) is 9.92. The Morgan fingerprint density at radius 2 is 2.06 bits per heavy atom. The van der Waals surface area contributed by atoms with Crippen LogP contribution in [0.3, 0.4) is 0 Å². The lowest BCUT2D eigenvalue weighted by Crippen LogP contribution is -2.05. The molecule has 2 rings (SSSR count). The molecule has 1 heterocycles. The molecule has 0 spiro atoms. The van der Waals surface area contributed by atoms with Crippen LogP contribution in [0, 0.1) is 5.82 Å². The third-order valence-electron chi connectivity index (χ3n) is 2.17. The van der Waals surface area contributed by atoms with E-state index in [1.807, 2.05) is 0 Å². The van der Waals surface area contributed by atoms with Crippen LogP contribution >= 0.6 is 15.9 Å². The number of aromatic nitrogens is 1. The fourth-order valence-electron chi connectivity index (χ4n) is 1.40. The van der Waals surface area contributed by atoms with Gasteiger partial charge >= 0.3 is 5.97 Å². The van der Waals surface area contributed by atoms with Crippen molar-refractivity contribution >= 4 is 32.8 Å². The summed E-state index contributed by atoms with van der Waals surface area (Å²) in [7, 11) is 1.21. The quantitative estimate of drug-likeness (QED) is 0.597. The van der Waals surface area contributed by atoms with Crippen LogP contribution < -0.4 is 0 Å². The number of fused-ring (bicyclic) bond motifs is 1. The van der Waals surface area contributed by atoms with Crippen LogP contribution in [-0.4, -0.2) is 18.1 Å². The van der Waals surface area contributed by atoms with Crippen LogP contribution in [0.2, 0.25) is 0 Å². The van der Waals surface area contributed by atoms with Gasteiger partial charge in [0.2, 0.25) is 0 Å². The molecule has 16 heavy (non-hydrogen) atoms. The molecule has 0 unspecified atom stereocenters. The number of halogens is 2. The van der Waals surface area contributed by atoms with E-state index >= 15 is 0 Å². The van der Waals surface area contributed by atoms with Gasteiger partial charge < -0.3 is 4.74 Å². The minimum absolute atomic E-state index is 0.111. The smallest absolute Gasteiger partial charge is 0.340 e. The van der Waals surface area contributed by atoms with Crippen LogP contribution in [0.5, 0.6) is 0 Å². The SMILES string of the molecule is COC(=O)c1ccc2ccc(Br)nc2c1F. The van der Waals surface area contributed by atoms with Crippen LogP contribution in [0.1, 0.15) is 10.4 Å². The molecule has 0 fully saturated rings. The van der Waals surface area contributed by atoms with E-state index in [4.69, 9.17) is 0 Å². The van der Waals surface area contributed by atoms with Gasteiger partial charge in [0, 0.05) is 5.39 Å². The summed E-state index contributed by atoms with van der Waals surface area (Å²) < 4.78 is 18.9. The monoisotopic (exact) mass is 283 g/mol. The fourth-order valence-corrected chi connectivity index (χ4v) is 1.71. The first-order valence-corrected chi connectivity index (χ1v) is 5.26. The Hall–Kier alpha value is -1.49. The maximum atomic E-state index is 13.9. The standard InChI is InChI=1S/C11H7BrFNO2/c1-16-11(15)7-4-2-6-3-5-8(12)14-10(6)9(7)13/h2-5H,1H3. The minimum Gasteiger partial charge on any atom is -0.465 e. The molecule has 0 saturated carbocycles. The molecular formula is C11H7BrFNO2. The van der Waals surface area contributed by atoms with Crippen molar-refractivity contribution in [3.8, 4) is 0 Å². The van der Waals surface area contributed by atoms with Gasteiger partial charge in [-0.05, 0) is 28.1 Å². The van der Waals surface area contributed by atoms with Crippen LogP contribution in [0.15, 0.2) is 28.9 Å². The van der Waals surface area contributed by atoms with E-state index in [2.05, 4.69) is 25.7 Å². The Morgan fingerprint density at radius 3 is 2.75 bits per heavy atom. The number of methoxy groups -OCH3 is 1. The maximum absolute atomic E-state index is 13.9. The predicted octanol–water partition coefficient (Wildman–Crippen LogP) is 2.92. The summed E-state index contributed by atoms with van der Waals surface area (Å²) in [6.07, 6.45) is 0. The van der Waals surface area contributed by atoms with E-state index in [1.165, 1.54) is 13.2 Å². The van der Waals surface area contributed by atoms with E-state index in [1.54, 1.807) is 18.2 Å². The van der Waals surface area contributed by atoms with Gasteiger partial charge in [-0.25, -0.2) is 14.2 Å². The zero-order valence-electron chi connectivity index (χ0n) is 8.33. The van der Waals surface area contributed by atoms with Crippen molar-refractivity contribution in [2.24, 2.45) is 0 Å². The summed E-state index contributed by atoms with van der Waals surface area (Å²) in [5.41, 5.74) is 0.0397. The van der Waals surface area contributed by atoms with E-state index < -0.39 is 11.8 Å². The molecule has 0 radical (unpaired) electrons. The van der Waals surface area contributed by atoms with E-state index in [-0.39, 0.29) is 11.1 Å². The number of hydrogen-bond donors (Lipinski definition) is 0. The normalized spacial score (nSPS) is 10.4. The third kappa shape index (κ3) is 1.78. The second-order valence-corrected chi connectivity index (χ2v) is 3.94. The largest absolute Gasteiger partial charge is 0.465 e. The van der Waals surface area contributed by atoms with E-state index in [0.717, 1.165) is 0 Å². The number of carbonyl (C=O) groups is 1. The molecule has 0 N–H and O–H groups in total.